The van der Waals surface area contributed by atoms with Crippen LogP contribution in [0.25, 0.3) is 16.5 Å². The van der Waals surface area contributed by atoms with Gasteiger partial charge in [-0.05, 0) is 41.1 Å². The minimum atomic E-state index is -1.01. The van der Waals surface area contributed by atoms with Gasteiger partial charge in [-0.1, -0.05) is 60.7 Å². The minimum Gasteiger partial charge on any atom is -0.507 e. The molecule has 34 heavy (non-hydrogen) atoms. The molecule has 0 bridgehead atoms. The molecular formula is C28H20FNO4. The molecule has 4 aromatic rings. The van der Waals surface area contributed by atoms with E-state index in [1.165, 1.54) is 30.2 Å². The maximum atomic E-state index is 14.1. The summed E-state index contributed by atoms with van der Waals surface area (Å²) in [5.41, 5.74) is 1.01. The molecule has 0 radical (unpaired) electrons. The average Bonchev–Trinajstić information content (AvgIpc) is 3.13. The Morgan fingerprint density at radius 3 is 2.38 bits per heavy atom. The molecular weight excluding hydrogens is 433 g/mol. The zero-order valence-corrected chi connectivity index (χ0v) is 18.2. The summed E-state index contributed by atoms with van der Waals surface area (Å²) in [4.78, 5) is 27.7. The number of benzene rings is 4. The van der Waals surface area contributed by atoms with E-state index in [2.05, 4.69) is 0 Å². The first kappa shape index (κ1) is 21.4. The molecule has 4 aromatic carbocycles. The van der Waals surface area contributed by atoms with Gasteiger partial charge in [-0.15, -0.1) is 0 Å². The summed E-state index contributed by atoms with van der Waals surface area (Å²) in [6.07, 6.45) is 0. The molecule has 6 heteroatoms. The molecule has 0 spiro atoms. The van der Waals surface area contributed by atoms with Crippen molar-refractivity contribution in [3.8, 4) is 5.75 Å². The normalized spacial score (nSPS) is 17.4. The minimum absolute atomic E-state index is 0.0888. The van der Waals surface area contributed by atoms with Crippen LogP contribution in [0, 0.1) is 5.82 Å². The van der Waals surface area contributed by atoms with Crippen LogP contribution in [0.1, 0.15) is 17.2 Å². The number of ether oxygens (including phenoxy) is 1. The molecule has 0 aromatic heterocycles. The summed E-state index contributed by atoms with van der Waals surface area (Å²) in [5.74, 6) is -2.14. The third-order valence-corrected chi connectivity index (χ3v) is 5.99. The van der Waals surface area contributed by atoms with Crippen LogP contribution in [-0.4, -0.2) is 23.9 Å². The van der Waals surface area contributed by atoms with Gasteiger partial charge in [0.1, 0.15) is 17.3 Å². The summed E-state index contributed by atoms with van der Waals surface area (Å²) >= 11 is 0. The summed E-state index contributed by atoms with van der Waals surface area (Å²) in [5, 5.41) is 13.2. The predicted molar refractivity (Wildman–Crippen MR) is 128 cm³/mol. The van der Waals surface area contributed by atoms with Crippen LogP contribution in [0.3, 0.4) is 0 Å². The number of carbonyl (C=O) groups excluding carboxylic acids is 2. The second kappa shape index (κ2) is 8.48. The summed E-state index contributed by atoms with van der Waals surface area (Å²) < 4.78 is 19.6. The number of aliphatic hydroxyl groups is 1. The zero-order chi connectivity index (χ0) is 23.8. The van der Waals surface area contributed by atoms with Gasteiger partial charge in [-0.3, -0.25) is 14.5 Å². The molecule has 168 valence electrons. The lowest BCUT2D eigenvalue weighted by Crippen LogP contribution is -2.29. The number of aliphatic hydroxyl groups excluding tert-OH is 1. The van der Waals surface area contributed by atoms with Gasteiger partial charge in [0.2, 0.25) is 0 Å². The molecule has 1 aliphatic heterocycles. The molecule has 1 N–H and O–H groups in total. The van der Waals surface area contributed by atoms with Gasteiger partial charge < -0.3 is 9.84 Å². The topological polar surface area (TPSA) is 66.8 Å². The Balaban J connectivity index is 1.76. The number of rotatable bonds is 4. The van der Waals surface area contributed by atoms with Crippen LogP contribution >= 0.6 is 0 Å². The first-order chi connectivity index (χ1) is 16.5. The summed E-state index contributed by atoms with van der Waals surface area (Å²) in [6.45, 7) is 0. The number of hydrogen-bond donors (Lipinski definition) is 1. The molecule has 1 saturated heterocycles. The number of halogens is 1. The Kier molecular flexibility index (Phi) is 5.34. The van der Waals surface area contributed by atoms with E-state index in [1.54, 1.807) is 42.5 Å². The van der Waals surface area contributed by atoms with Gasteiger partial charge in [0.25, 0.3) is 11.7 Å². The molecule has 1 atom stereocenters. The second-order valence-electron chi connectivity index (χ2n) is 7.95. The number of methoxy groups -OCH3 is 1. The van der Waals surface area contributed by atoms with Crippen molar-refractivity contribution in [2.75, 3.05) is 12.0 Å². The van der Waals surface area contributed by atoms with Crippen molar-refractivity contribution in [1.29, 1.82) is 0 Å². The van der Waals surface area contributed by atoms with Crippen LogP contribution in [0.15, 0.2) is 96.6 Å². The highest BCUT2D eigenvalue weighted by molar-refractivity contribution is 6.51. The third kappa shape index (κ3) is 3.49. The molecule has 1 aliphatic rings. The SMILES string of the molecule is COc1ccccc1C1/C(=C(\O)c2ccc3ccccc3c2)C(=O)C(=O)N1c1cccc(F)c1. The van der Waals surface area contributed by atoms with Crippen molar-refractivity contribution in [1.82, 2.24) is 0 Å². The van der Waals surface area contributed by atoms with E-state index in [0.717, 1.165) is 10.8 Å². The van der Waals surface area contributed by atoms with Crippen molar-refractivity contribution in [2.24, 2.45) is 0 Å². The number of ketones is 1. The molecule has 0 saturated carbocycles. The highest BCUT2D eigenvalue weighted by atomic mass is 19.1. The van der Waals surface area contributed by atoms with Gasteiger partial charge in [-0.25, -0.2) is 4.39 Å². The van der Waals surface area contributed by atoms with Crippen molar-refractivity contribution in [3.63, 3.8) is 0 Å². The Bertz CT molecular complexity index is 1480. The second-order valence-corrected chi connectivity index (χ2v) is 7.95. The van der Waals surface area contributed by atoms with Crippen LogP contribution in [-0.2, 0) is 9.59 Å². The van der Waals surface area contributed by atoms with Gasteiger partial charge >= 0.3 is 0 Å². The fraction of sp³-hybridized carbons (Fsp3) is 0.0714. The number of Topliss-reactive ketones (excluding diaryl/α,β-unsaturated/α-hetero) is 1. The predicted octanol–water partition coefficient (Wildman–Crippen LogP) is 5.61. The summed E-state index contributed by atoms with van der Waals surface area (Å²) in [6, 6.07) is 24.3. The van der Waals surface area contributed by atoms with Gasteiger partial charge in [0.15, 0.2) is 0 Å². The maximum absolute atomic E-state index is 14.1. The third-order valence-electron chi connectivity index (χ3n) is 5.99. The van der Waals surface area contributed by atoms with Crippen LogP contribution < -0.4 is 9.64 Å². The van der Waals surface area contributed by atoms with Gasteiger partial charge in [0, 0.05) is 16.8 Å². The van der Waals surface area contributed by atoms with Crippen molar-refractivity contribution in [2.45, 2.75) is 6.04 Å². The Morgan fingerprint density at radius 2 is 1.62 bits per heavy atom. The molecule has 5 rings (SSSR count). The fourth-order valence-corrected chi connectivity index (χ4v) is 4.40. The van der Waals surface area contributed by atoms with Gasteiger partial charge in [0.05, 0.1) is 18.7 Å². The number of carbonyl (C=O) groups is 2. The standard InChI is InChI=1S/C28H20FNO4/c1-34-23-12-5-4-11-22(23)25-24(26(31)19-14-13-17-7-2-3-8-18(17)15-19)27(32)28(33)30(25)21-10-6-9-20(29)16-21/h2-16,25,31H,1H3/b26-24+. The molecule has 1 amide bonds. The van der Waals surface area contributed by atoms with E-state index in [9.17, 15) is 19.1 Å². The number of nitrogens with zero attached hydrogens (tertiary/aromatic N) is 1. The molecule has 0 aliphatic carbocycles. The van der Waals surface area contributed by atoms with Gasteiger partial charge in [-0.2, -0.15) is 0 Å². The number of anilines is 1. The average molecular weight is 453 g/mol. The number of fused-ring (bicyclic) bond motifs is 1. The van der Waals surface area contributed by atoms with Crippen molar-refractivity contribution >= 4 is 33.9 Å². The number of amides is 1. The van der Waals surface area contributed by atoms with E-state index >= 15 is 0 Å². The highest BCUT2D eigenvalue weighted by Gasteiger charge is 2.48. The smallest absolute Gasteiger partial charge is 0.300 e. The molecule has 1 fully saturated rings. The van der Waals surface area contributed by atoms with E-state index in [-0.39, 0.29) is 17.0 Å². The lowest BCUT2D eigenvalue weighted by atomic mass is 9.93. The van der Waals surface area contributed by atoms with Crippen LogP contribution in [0.4, 0.5) is 10.1 Å². The highest BCUT2D eigenvalue weighted by Crippen LogP contribution is 2.45. The van der Waals surface area contributed by atoms with Crippen molar-refractivity contribution in [3.05, 3.63) is 114 Å². The van der Waals surface area contributed by atoms with Crippen LogP contribution in [0.2, 0.25) is 0 Å². The Labute approximate surface area is 195 Å². The largest absolute Gasteiger partial charge is 0.507 e. The number of hydrogen-bond acceptors (Lipinski definition) is 4. The van der Waals surface area contributed by atoms with E-state index in [0.29, 0.717) is 16.9 Å². The van der Waals surface area contributed by atoms with E-state index < -0.39 is 23.5 Å². The fourth-order valence-electron chi connectivity index (χ4n) is 4.40. The van der Waals surface area contributed by atoms with E-state index in [4.69, 9.17) is 4.74 Å². The Hall–Kier alpha value is -4.45. The lowest BCUT2D eigenvalue weighted by molar-refractivity contribution is -0.132. The quantitative estimate of drug-likeness (QED) is 0.248. The van der Waals surface area contributed by atoms with Crippen molar-refractivity contribution < 1.29 is 23.8 Å². The van der Waals surface area contributed by atoms with E-state index in [1.807, 2.05) is 30.3 Å². The molecule has 1 heterocycles. The van der Waals surface area contributed by atoms with Crippen LogP contribution in [0.5, 0.6) is 5.75 Å². The first-order valence-electron chi connectivity index (χ1n) is 10.7. The first-order valence-corrected chi connectivity index (χ1v) is 10.7. The monoisotopic (exact) mass is 453 g/mol. The summed E-state index contributed by atoms with van der Waals surface area (Å²) in [7, 11) is 1.48. The lowest BCUT2D eigenvalue weighted by Gasteiger charge is -2.26. The number of para-hydroxylation sites is 1. The zero-order valence-electron chi connectivity index (χ0n) is 18.2. The Morgan fingerprint density at radius 1 is 0.882 bits per heavy atom. The maximum Gasteiger partial charge on any atom is 0.300 e. The molecule has 5 nitrogen and oxygen atoms in total. The molecule has 1 unspecified atom stereocenters.